The van der Waals surface area contributed by atoms with Crippen LogP contribution in [-0.4, -0.2) is 95.0 Å². The van der Waals surface area contributed by atoms with E-state index in [0.717, 1.165) is 19.3 Å². The minimum atomic E-state index is -4.80. The van der Waals surface area contributed by atoms with E-state index in [9.17, 15) is 43.8 Å². The molecule has 0 aliphatic carbocycles. The third-order valence-electron chi connectivity index (χ3n) is 7.48. The summed E-state index contributed by atoms with van der Waals surface area (Å²) in [4.78, 5) is 43.4. The molecule has 0 saturated carbocycles. The number of allylic oxidation sites excluding steroid dienone is 14. The maximum Gasteiger partial charge on any atom is 0.472 e. The standard InChI is InChI=1S/C41H68O15P2/c1-3-5-7-9-11-13-15-17-19-21-23-25-27-29-40(45)51-31-37(42)33-53-57(47,48)55-35-39(44)36-56-58(49,50)54-34-38(43)32-52-41(46)30-28-26-24-22-20-18-16-14-12-10-8-6-4-2/h5,7,9,11,13,15,17-21,23-24,26,37-39,42-44H,3-4,6,8,10,12,14,16,22,25,27-36H2,1-2H3,(H,47,48)(H,49,50)/b7-5+,11-9+,15-13-,19-17-,20-18-,23-21+,26-24+. The van der Waals surface area contributed by atoms with Crippen LogP contribution >= 0.6 is 15.6 Å². The van der Waals surface area contributed by atoms with Crippen molar-refractivity contribution in [3.8, 4) is 0 Å². The smallest absolute Gasteiger partial charge is 0.463 e. The fraction of sp³-hybridized carbons (Fsp3) is 0.610. The lowest BCUT2D eigenvalue weighted by Gasteiger charge is -2.19. The molecule has 5 unspecified atom stereocenters. The van der Waals surface area contributed by atoms with Gasteiger partial charge in [0.1, 0.15) is 31.5 Å². The van der Waals surface area contributed by atoms with Crippen LogP contribution in [0.5, 0.6) is 0 Å². The Kier molecular flexibility index (Phi) is 35.5. The summed E-state index contributed by atoms with van der Waals surface area (Å²) in [5.74, 6) is -1.14. The Morgan fingerprint density at radius 2 is 0.897 bits per heavy atom. The fourth-order valence-corrected chi connectivity index (χ4v) is 5.94. The fourth-order valence-electron chi connectivity index (χ4n) is 4.35. The summed E-state index contributed by atoms with van der Waals surface area (Å²) in [5, 5.41) is 29.8. The molecule has 0 aromatic carbocycles. The van der Waals surface area contributed by atoms with E-state index in [4.69, 9.17) is 9.47 Å². The van der Waals surface area contributed by atoms with Gasteiger partial charge in [-0.05, 0) is 44.9 Å². The van der Waals surface area contributed by atoms with E-state index in [-0.39, 0.29) is 12.8 Å². The van der Waals surface area contributed by atoms with Gasteiger partial charge in [-0.2, -0.15) is 0 Å². The number of carbonyl (C=O) groups is 2. The van der Waals surface area contributed by atoms with E-state index >= 15 is 0 Å². The molecule has 58 heavy (non-hydrogen) atoms. The van der Waals surface area contributed by atoms with Gasteiger partial charge in [-0.3, -0.25) is 27.7 Å². The number of carbonyl (C=O) groups excluding carboxylic acids is 2. The van der Waals surface area contributed by atoms with Crippen LogP contribution in [0.2, 0.25) is 0 Å². The second kappa shape index (κ2) is 37.2. The van der Waals surface area contributed by atoms with Gasteiger partial charge in [-0.25, -0.2) is 9.13 Å². The Labute approximate surface area is 345 Å². The molecule has 0 fully saturated rings. The van der Waals surface area contributed by atoms with Gasteiger partial charge in [-0.15, -0.1) is 0 Å². The summed E-state index contributed by atoms with van der Waals surface area (Å²) in [6.45, 7) is 0.0458. The molecule has 0 amide bonds. The maximum absolute atomic E-state index is 12.1. The number of hydrogen-bond donors (Lipinski definition) is 5. The Morgan fingerprint density at radius 3 is 1.41 bits per heavy atom. The number of ether oxygens (including phenoxy) is 2. The molecule has 0 rings (SSSR count). The molecular weight excluding hydrogens is 794 g/mol. The number of aliphatic hydroxyl groups is 3. The maximum atomic E-state index is 12.1. The minimum absolute atomic E-state index is 0.0854. The molecule has 0 radical (unpaired) electrons. The van der Waals surface area contributed by atoms with E-state index in [0.29, 0.717) is 19.3 Å². The Morgan fingerprint density at radius 1 is 0.483 bits per heavy atom. The van der Waals surface area contributed by atoms with Crippen LogP contribution in [0.15, 0.2) is 85.1 Å². The molecule has 5 N–H and O–H groups in total. The zero-order valence-electron chi connectivity index (χ0n) is 34.2. The summed E-state index contributed by atoms with van der Waals surface area (Å²) in [6, 6.07) is 0. The van der Waals surface area contributed by atoms with Gasteiger partial charge < -0.3 is 34.6 Å². The number of rotatable bonds is 37. The lowest BCUT2D eigenvalue weighted by Crippen LogP contribution is -2.25. The van der Waals surface area contributed by atoms with Gasteiger partial charge in [0.25, 0.3) is 0 Å². The molecule has 0 aliphatic heterocycles. The number of phosphoric ester groups is 2. The Hall–Kier alpha value is -2.78. The van der Waals surface area contributed by atoms with Crippen LogP contribution < -0.4 is 0 Å². The second-order valence-corrected chi connectivity index (χ2v) is 15.9. The van der Waals surface area contributed by atoms with Crippen molar-refractivity contribution in [1.29, 1.82) is 0 Å². The van der Waals surface area contributed by atoms with Crippen LogP contribution in [0.4, 0.5) is 0 Å². The molecule has 15 nitrogen and oxygen atoms in total. The van der Waals surface area contributed by atoms with Crippen LogP contribution in [0.3, 0.4) is 0 Å². The van der Waals surface area contributed by atoms with Gasteiger partial charge in [0.15, 0.2) is 0 Å². The quantitative estimate of drug-likeness (QED) is 0.0132. The predicted octanol–water partition coefficient (Wildman–Crippen LogP) is 7.82. The summed E-state index contributed by atoms with van der Waals surface area (Å²) >= 11 is 0. The number of phosphoric acid groups is 2. The Bertz CT molecular complexity index is 1370. The van der Waals surface area contributed by atoms with Crippen LogP contribution in [0, 0.1) is 0 Å². The zero-order valence-corrected chi connectivity index (χ0v) is 36.0. The highest BCUT2D eigenvalue weighted by atomic mass is 31.2. The first-order valence-electron chi connectivity index (χ1n) is 20.0. The Balaban J connectivity index is 4.09. The third kappa shape index (κ3) is 38.7. The molecule has 332 valence electrons. The molecule has 0 saturated heterocycles. The van der Waals surface area contributed by atoms with Crippen LogP contribution in [-0.2, 0) is 46.3 Å². The van der Waals surface area contributed by atoms with E-state index in [1.165, 1.54) is 38.5 Å². The number of aliphatic hydroxyl groups excluding tert-OH is 3. The van der Waals surface area contributed by atoms with Crippen molar-refractivity contribution >= 4 is 27.6 Å². The van der Waals surface area contributed by atoms with E-state index < -0.39 is 85.5 Å². The summed E-state index contributed by atoms with van der Waals surface area (Å²) in [6.07, 6.45) is 34.8. The van der Waals surface area contributed by atoms with Gasteiger partial charge in [0.05, 0.1) is 26.4 Å². The summed E-state index contributed by atoms with van der Waals surface area (Å²) in [5.41, 5.74) is 0. The second-order valence-electron chi connectivity index (χ2n) is 13.0. The third-order valence-corrected chi connectivity index (χ3v) is 9.38. The molecule has 0 bridgehead atoms. The number of esters is 2. The average Bonchev–Trinajstić information content (AvgIpc) is 3.19. The van der Waals surface area contributed by atoms with Gasteiger partial charge in [0, 0.05) is 12.8 Å². The van der Waals surface area contributed by atoms with Crippen molar-refractivity contribution in [2.24, 2.45) is 0 Å². The number of hydrogen-bond acceptors (Lipinski definition) is 13. The van der Waals surface area contributed by atoms with Crippen molar-refractivity contribution < 1.29 is 71.4 Å². The normalized spacial score (nSPS) is 16.3. The predicted molar refractivity (Wildman–Crippen MR) is 223 cm³/mol. The van der Waals surface area contributed by atoms with E-state index in [1.54, 1.807) is 0 Å². The molecule has 5 atom stereocenters. The molecule has 0 aliphatic rings. The highest BCUT2D eigenvalue weighted by Crippen LogP contribution is 2.45. The monoisotopic (exact) mass is 862 g/mol. The molecule has 0 heterocycles. The first-order chi connectivity index (χ1) is 27.8. The molecule has 0 aromatic rings. The van der Waals surface area contributed by atoms with Crippen molar-refractivity contribution in [1.82, 2.24) is 0 Å². The molecule has 17 heteroatoms. The lowest BCUT2D eigenvalue weighted by molar-refractivity contribution is -0.148. The lowest BCUT2D eigenvalue weighted by atomic mass is 10.1. The molecular formula is C41H68O15P2. The van der Waals surface area contributed by atoms with E-state index in [2.05, 4.69) is 50.2 Å². The zero-order chi connectivity index (χ0) is 43.2. The minimum Gasteiger partial charge on any atom is -0.463 e. The van der Waals surface area contributed by atoms with Gasteiger partial charge in [-0.1, -0.05) is 131 Å². The SMILES string of the molecule is CC/C=C/C=C/C=C\C=C/C=C/CCCC(=O)OCC(O)COP(=O)(O)OCC(O)COP(=O)(O)OCC(O)COC(=O)CC/C=C/C/C=C\CCCCCCCC. The van der Waals surface area contributed by atoms with Crippen molar-refractivity contribution in [3.05, 3.63) is 85.1 Å². The average molecular weight is 863 g/mol. The first-order valence-corrected chi connectivity index (χ1v) is 23.0. The highest BCUT2D eigenvalue weighted by molar-refractivity contribution is 7.47. The van der Waals surface area contributed by atoms with Crippen molar-refractivity contribution in [2.75, 3.05) is 39.6 Å². The highest BCUT2D eigenvalue weighted by Gasteiger charge is 2.28. The van der Waals surface area contributed by atoms with Gasteiger partial charge in [0.2, 0.25) is 0 Å². The molecule has 0 spiro atoms. The first kappa shape index (κ1) is 55.2. The largest absolute Gasteiger partial charge is 0.472 e. The van der Waals surface area contributed by atoms with E-state index in [1.807, 2.05) is 66.8 Å². The number of unbranched alkanes of at least 4 members (excludes halogenated alkanes) is 7. The van der Waals surface area contributed by atoms with Crippen LogP contribution in [0.1, 0.15) is 104 Å². The molecule has 0 aromatic heterocycles. The summed E-state index contributed by atoms with van der Waals surface area (Å²) in [7, 11) is -9.60. The van der Waals surface area contributed by atoms with Crippen molar-refractivity contribution in [2.45, 2.75) is 122 Å². The van der Waals surface area contributed by atoms with Crippen LogP contribution in [0.25, 0.3) is 0 Å². The topological polar surface area (TPSA) is 225 Å². The van der Waals surface area contributed by atoms with Gasteiger partial charge >= 0.3 is 27.6 Å². The van der Waals surface area contributed by atoms with Crippen molar-refractivity contribution in [3.63, 3.8) is 0 Å². The summed E-state index contributed by atoms with van der Waals surface area (Å²) < 4.78 is 52.6.